The normalized spacial score (nSPS) is 11.0. The Balaban J connectivity index is 1.65. The SMILES string of the molecule is CC(C)OCc1csc(NC(=O)c2cccn2Cc2ccncc2)n1. The molecule has 0 unspecified atom stereocenters. The lowest BCUT2D eigenvalue weighted by Gasteiger charge is -2.08. The monoisotopic (exact) mass is 356 g/mol. The van der Waals surface area contributed by atoms with E-state index in [-0.39, 0.29) is 12.0 Å². The molecule has 3 aromatic heterocycles. The van der Waals surface area contributed by atoms with Crippen LogP contribution in [0.4, 0.5) is 5.13 Å². The van der Waals surface area contributed by atoms with Gasteiger partial charge in [-0.25, -0.2) is 4.98 Å². The average Bonchev–Trinajstić information content (AvgIpc) is 3.23. The number of ether oxygens (including phenoxy) is 1. The number of nitrogens with zero attached hydrogens (tertiary/aromatic N) is 3. The molecule has 0 aliphatic heterocycles. The van der Waals surface area contributed by atoms with Gasteiger partial charge in [0.1, 0.15) is 5.69 Å². The standard InChI is InChI=1S/C18H20N4O2S/c1-13(2)24-11-15-12-25-18(20-15)21-17(23)16-4-3-9-22(16)10-14-5-7-19-8-6-14/h3-9,12-13H,10-11H2,1-2H3,(H,20,21,23). The zero-order valence-electron chi connectivity index (χ0n) is 14.2. The van der Waals surface area contributed by atoms with E-state index in [0.29, 0.717) is 24.0 Å². The van der Waals surface area contributed by atoms with Gasteiger partial charge >= 0.3 is 0 Å². The predicted molar refractivity (Wildman–Crippen MR) is 97.8 cm³/mol. The summed E-state index contributed by atoms with van der Waals surface area (Å²) in [4.78, 5) is 21.0. The summed E-state index contributed by atoms with van der Waals surface area (Å²) in [5.74, 6) is -0.176. The molecule has 25 heavy (non-hydrogen) atoms. The van der Waals surface area contributed by atoms with E-state index < -0.39 is 0 Å². The van der Waals surface area contributed by atoms with Gasteiger partial charge in [0.25, 0.3) is 5.91 Å². The fraction of sp³-hybridized carbons (Fsp3) is 0.278. The van der Waals surface area contributed by atoms with Crippen molar-refractivity contribution in [3.05, 3.63) is 65.2 Å². The molecule has 3 aromatic rings. The first-order valence-electron chi connectivity index (χ1n) is 8.03. The third-order valence-corrected chi connectivity index (χ3v) is 4.31. The molecule has 7 heteroatoms. The third-order valence-electron chi connectivity index (χ3n) is 3.50. The van der Waals surface area contributed by atoms with Crippen LogP contribution in [0.1, 0.15) is 35.6 Å². The number of carbonyl (C=O) groups is 1. The van der Waals surface area contributed by atoms with Gasteiger partial charge in [-0.05, 0) is 43.7 Å². The van der Waals surface area contributed by atoms with Crippen molar-refractivity contribution >= 4 is 22.4 Å². The number of nitrogens with one attached hydrogen (secondary N) is 1. The summed E-state index contributed by atoms with van der Waals surface area (Å²) in [7, 11) is 0. The van der Waals surface area contributed by atoms with E-state index in [0.717, 1.165) is 11.3 Å². The molecule has 130 valence electrons. The van der Waals surface area contributed by atoms with Crippen LogP contribution in [-0.2, 0) is 17.9 Å². The maximum atomic E-state index is 12.6. The summed E-state index contributed by atoms with van der Waals surface area (Å²) in [5.41, 5.74) is 2.50. The fourth-order valence-electron chi connectivity index (χ4n) is 2.29. The van der Waals surface area contributed by atoms with Crippen molar-refractivity contribution in [2.45, 2.75) is 33.1 Å². The number of hydrogen-bond donors (Lipinski definition) is 1. The molecule has 0 aliphatic carbocycles. The van der Waals surface area contributed by atoms with E-state index in [1.54, 1.807) is 18.5 Å². The summed E-state index contributed by atoms with van der Waals surface area (Å²) in [6, 6.07) is 7.53. The molecule has 0 saturated carbocycles. The van der Waals surface area contributed by atoms with Gasteiger partial charge in [0.05, 0.1) is 18.4 Å². The van der Waals surface area contributed by atoms with E-state index in [4.69, 9.17) is 4.74 Å². The molecule has 3 heterocycles. The van der Waals surface area contributed by atoms with Crippen molar-refractivity contribution in [1.29, 1.82) is 0 Å². The summed E-state index contributed by atoms with van der Waals surface area (Å²) in [6.07, 6.45) is 5.53. The van der Waals surface area contributed by atoms with E-state index in [2.05, 4.69) is 15.3 Å². The van der Waals surface area contributed by atoms with Crippen LogP contribution >= 0.6 is 11.3 Å². The molecule has 1 amide bonds. The van der Waals surface area contributed by atoms with Crippen molar-refractivity contribution in [3.63, 3.8) is 0 Å². The number of rotatable bonds is 7. The molecule has 0 spiro atoms. The Kier molecular flexibility index (Phi) is 5.57. The highest BCUT2D eigenvalue weighted by molar-refractivity contribution is 7.13. The number of pyridine rings is 1. The molecule has 0 aliphatic rings. The highest BCUT2D eigenvalue weighted by Gasteiger charge is 2.13. The number of anilines is 1. The van der Waals surface area contributed by atoms with Crippen molar-refractivity contribution in [3.8, 4) is 0 Å². The van der Waals surface area contributed by atoms with Crippen LogP contribution in [0.5, 0.6) is 0 Å². The van der Waals surface area contributed by atoms with Crippen molar-refractivity contribution in [2.24, 2.45) is 0 Å². The third kappa shape index (κ3) is 4.74. The van der Waals surface area contributed by atoms with Crippen LogP contribution in [0.15, 0.2) is 48.2 Å². The van der Waals surface area contributed by atoms with Crippen LogP contribution < -0.4 is 5.32 Å². The van der Waals surface area contributed by atoms with Gasteiger partial charge in [0.15, 0.2) is 5.13 Å². The second-order valence-electron chi connectivity index (χ2n) is 5.83. The van der Waals surface area contributed by atoms with Gasteiger partial charge in [0, 0.05) is 30.5 Å². The van der Waals surface area contributed by atoms with Crippen molar-refractivity contribution < 1.29 is 9.53 Å². The van der Waals surface area contributed by atoms with Gasteiger partial charge < -0.3 is 9.30 Å². The van der Waals surface area contributed by atoms with Gasteiger partial charge in [0.2, 0.25) is 0 Å². The molecule has 0 fully saturated rings. The summed E-state index contributed by atoms with van der Waals surface area (Å²) in [5, 5.41) is 5.33. The Morgan fingerprint density at radius 1 is 1.32 bits per heavy atom. The summed E-state index contributed by atoms with van der Waals surface area (Å²) < 4.78 is 7.43. The highest BCUT2D eigenvalue weighted by atomic mass is 32.1. The zero-order valence-corrected chi connectivity index (χ0v) is 15.0. The van der Waals surface area contributed by atoms with Crippen LogP contribution in [0.2, 0.25) is 0 Å². The molecule has 1 N–H and O–H groups in total. The lowest BCUT2D eigenvalue weighted by atomic mass is 10.2. The molecule has 3 rings (SSSR count). The van der Waals surface area contributed by atoms with E-state index in [1.165, 1.54) is 11.3 Å². The Hall–Kier alpha value is -2.51. The number of carbonyl (C=O) groups excluding carboxylic acids is 1. The quantitative estimate of drug-likeness (QED) is 0.703. The lowest BCUT2D eigenvalue weighted by Crippen LogP contribution is -2.17. The molecule has 0 saturated heterocycles. The molecule has 0 bridgehead atoms. The minimum absolute atomic E-state index is 0.149. The fourth-order valence-corrected chi connectivity index (χ4v) is 2.98. The summed E-state index contributed by atoms with van der Waals surface area (Å²) >= 11 is 1.40. The zero-order chi connectivity index (χ0) is 17.6. The second-order valence-corrected chi connectivity index (χ2v) is 6.69. The van der Waals surface area contributed by atoms with Crippen LogP contribution in [0, 0.1) is 0 Å². The maximum Gasteiger partial charge on any atom is 0.274 e. The van der Waals surface area contributed by atoms with E-state index >= 15 is 0 Å². The predicted octanol–water partition coefficient (Wildman–Crippen LogP) is 3.57. The van der Waals surface area contributed by atoms with Gasteiger partial charge in [-0.2, -0.15) is 0 Å². The van der Waals surface area contributed by atoms with E-state index in [9.17, 15) is 4.79 Å². The van der Waals surface area contributed by atoms with Gasteiger partial charge in [-0.1, -0.05) is 0 Å². The largest absolute Gasteiger partial charge is 0.372 e. The maximum absolute atomic E-state index is 12.6. The first-order chi connectivity index (χ1) is 12.1. The van der Waals surface area contributed by atoms with E-state index in [1.807, 2.05) is 48.2 Å². The first kappa shape index (κ1) is 17.3. The van der Waals surface area contributed by atoms with Gasteiger partial charge in [-0.3, -0.25) is 15.1 Å². The summed E-state index contributed by atoms with van der Waals surface area (Å²) in [6.45, 7) is 5.02. The van der Waals surface area contributed by atoms with Crippen LogP contribution in [0.25, 0.3) is 0 Å². The van der Waals surface area contributed by atoms with Crippen LogP contribution in [0.3, 0.4) is 0 Å². The van der Waals surface area contributed by atoms with Gasteiger partial charge in [-0.15, -0.1) is 11.3 Å². The average molecular weight is 356 g/mol. The number of aromatic nitrogens is 3. The Labute approximate surface area is 150 Å². The molecule has 0 atom stereocenters. The number of amides is 1. The Bertz CT molecular complexity index is 826. The molecule has 0 aromatic carbocycles. The molecule has 6 nitrogen and oxygen atoms in total. The second kappa shape index (κ2) is 8.04. The lowest BCUT2D eigenvalue weighted by molar-refractivity contribution is 0.0639. The molecular formula is C18H20N4O2S. The number of hydrogen-bond acceptors (Lipinski definition) is 5. The minimum Gasteiger partial charge on any atom is -0.372 e. The van der Waals surface area contributed by atoms with Crippen molar-refractivity contribution in [1.82, 2.24) is 14.5 Å². The Morgan fingerprint density at radius 3 is 2.88 bits per heavy atom. The highest BCUT2D eigenvalue weighted by Crippen LogP contribution is 2.18. The topological polar surface area (TPSA) is 69.0 Å². The smallest absolute Gasteiger partial charge is 0.274 e. The van der Waals surface area contributed by atoms with Crippen molar-refractivity contribution in [2.75, 3.05) is 5.32 Å². The Morgan fingerprint density at radius 2 is 2.12 bits per heavy atom. The minimum atomic E-state index is -0.176. The first-order valence-corrected chi connectivity index (χ1v) is 8.91. The molecule has 0 radical (unpaired) electrons. The van der Waals surface area contributed by atoms with Crippen LogP contribution in [-0.4, -0.2) is 26.5 Å². The molecular weight excluding hydrogens is 336 g/mol. The number of thiazole rings is 1.